The molecule has 0 aliphatic rings. The normalized spacial score (nSPS) is 9.62. The Hall–Kier alpha value is -6.09. The van der Waals surface area contributed by atoms with Crippen LogP contribution in [0.1, 0.15) is 39.1 Å². The summed E-state index contributed by atoms with van der Waals surface area (Å²) in [5.41, 5.74) is -1.10. The molecule has 0 aliphatic heterocycles. The van der Waals surface area contributed by atoms with Crippen LogP contribution in [0.15, 0.2) is 91.0 Å². The molecule has 0 bridgehead atoms. The molecule has 240 valence electrons. The Labute approximate surface area is 255 Å². The van der Waals surface area contributed by atoms with Gasteiger partial charge >= 0.3 is 35.8 Å². The molecule has 0 saturated heterocycles. The van der Waals surface area contributed by atoms with Crippen LogP contribution in [0.2, 0.25) is 0 Å². The van der Waals surface area contributed by atoms with Crippen molar-refractivity contribution in [2.24, 2.45) is 0 Å². The minimum atomic E-state index is -2.74. The van der Waals surface area contributed by atoms with Gasteiger partial charge in [-0.3, -0.25) is 24.0 Å². The maximum Gasteiger partial charge on any atom is 0.336 e. The number of aliphatic carboxylic acids is 5. The lowest BCUT2D eigenvalue weighted by Gasteiger charge is -2.18. The minimum absolute atomic E-state index is 0.112. The summed E-state index contributed by atoms with van der Waals surface area (Å²) in [6, 6.07) is 25.9. The maximum absolute atomic E-state index is 11.2. The summed E-state index contributed by atoms with van der Waals surface area (Å²) in [6.45, 7) is -0.353. The molecule has 3 aromatic carbocycles. The molecule has 0 saturated carbocycles. The predicted molar refractivity (Wildman–Crippen MR) is 155 cm³/mol. The van der Waals surface area contributed by atoms with Gasteiger partial charge in [0.05, 0.1) is 24.8 Å². The lowest BCUT2D eigenvalue weighted by atomic mass is 9.96. The van der Waals surface area contributed by atoms with E-state index in [0.29, 0.717) is 11.1 Å². The van der Waals surface area contributed by atoms with Crippen molar-refractivity contribution in [2.45, 2.75) is 24.9 Å². The van der Waals surface area contributed by atoms with Gasteiger partial charge in [-0.05, 0) is 29.8 Å². The van der Waals surface area contributed by atoms with Gasteiger partial charge in [0.1, 0.15) is 6.54 Å². The Morgan fingerprint density at radius 1 is 0.533 bits per heavy atom. The van der Waals surface area contributed by atoms with Crippen molar-refractivity contribution in [1.82, 2.24) is 5.32 Å². The van der Waals surface area contributed by atoms with Crippen molar-refractivity contribution in [3.63, 3.8) is 0 Å². The summed E-state index contributed by atoms with van der Waals surface area (Å²) in [5, 5.41) is 61.1. The average molecular weight is 630 g/mol. The van der Waals surface area contributed by atoms with E-state index in [0.717, 1.165) is 5.56 Å². The summed E-state index contributed by atoms with van der Waals surface area (Å²) >= 11 is 0. The molecule has 3 rings (SSSR count). The molecule has 0 fully saturated rings. The van der Waals surface area contributed by atoms with Crippen LogP contribution in [0, 0.1) is 0 Å². The Kier molecular flexibility index (Phi) is 17.9. The van der Waals surface area contributed by atoms with Gasteiger partial charge in [-0.25, -0.2) is 9.59 Å². The molecule has 1 amide bonds. The first-order valence-electron chi connectivity index (χ1n) is 12.6. The highest BCUT2D eigenvalue weighted by atomic mass is 16.4. The number of rotatable bonds is 11. The standard InChI is InChI=1S/C9H9NO3.C8H8O2.C7H6O2.C6H8O7/c11-8(12)6-10-9(13)7-4-2-1-3-5-7;9-8(10)6-7-4-2-1-3-5-7;8-7(9)6-4-2-1-3-5-6;7-3(8)1-6(13,5(11)12)2-4(9)10/h1-5H,6H2,(H,10,13)(H,11,12);1-5H,6H2,(H,9,10);1-5H,(H,8,9);13H,1-2H2,(H,7,8)(H,9,10)(H,11,12). The first-order valence-corrected chi connectivity index (χ1v) is 12.6. The number of aromatic carboxylic acids is 1. The zero-order valence-corrected chi connectivity index (χ0v) is 23.5. The molecule has 0 aromatic heterocycles. The highest BCUT2D eigenvalue weighted by molar-refractivity contribution is 5.95. The zero-order valence-electron chi connectivity index (χ0n) is 23.5. The number of hydrogen-bond donors (Lipinski definition) is 8. The van der Waals surface area contributed by atoms with Crippen LogP contribution in [-0.2, 0) is 30.4 Å². The summed E-state index contributed by atoms with van der Waals surface area (Å²) in [4.78, 5) is 72.1. The van der Waals surface area contributed by atoms with Gasteiger partial charge in [-0.2, -0.15) is 0 Å². The van der Waals surface area contributed by atoms with Crippen molar-refractivity contribution in [2.75, 3.05) is 6.54 Å². The number of benzene rings is 3. The topological polar surface area (TPSA) is 273 Å². The molecular formula is C30H31NO14. The number of carbonyl (C=O) groups excluding carboxylic acids is 1. The molecule has 0 heterocycles. The Morgan fingerprint density at radius 2 is 0.933 bits per heavy atom. The molecule has 0 aliphatic carbocycles. The summed E-state index contributed by atoms with van der Waals surface area (Å²) in [5.74, 6) is -8.11. The Bertz CT molecular complexity index is 1390. The van der Waals surface area contributed by atoms with Crippen LogP contribution in [0.4, 0.5) is 0 Å². The van der Waals surface area contributed by atoms with Crippen LogP contribution < -0.4 is 5.32 Å². The molecule has 0 atom stereocenters. The van der Waals surface area contributed by atoms with E-state index in [1.807, 2.05) is 18.2 Å². The molecule has 3 aromatic rings. The van der Waals surface area contributed by atoms with E-state index in [1.165, 1.54) is 0 Å². The zero-order chi connectivity index (χ0) is 34.4. The second-order valence-corrected chi connectivity index (χ2v) is 8.65. The monoisotopic (exact) mass is 629 g/mol. The quantitative estimate of drug-likeness (QED) is 0.151. The number of carboxylic acid groups (broad SMARTS) is 6. The molecule has 45 heavy (non-hydrogen) atoms. The molecule has 8 N–H and O–H groups in total. The van der Waals surface area contributed by atoms with Crippen molar-refractivity contribution in [1.29, 1.82) is 0 Å². The maximum atomic E-state index is 11.2. The number of carboxylic acids is 6. The van der Waals surface area contributed by atoms with E-state index < -0.39 is 54.3 Å². The third-order valence-electron chi connectivity index (χ3n) is 4.94. The van der Waals surface area contributed by atoms with E-state index in [1.54, 1.807) is 72.8 Å². The first-order chi connectivity index (χ1) is 21.1. The lowest BCUT2D eigenvalue weighted by Crippen LogP contribution is -2.42. The minimum Gasteiger partial charge on any atom is -0.481 e. The van der Waals surface area contributed by atoms with E-state index >= 15 is 0 Å². The fourth-order valence-electron chi connectivity index (χ4n) is 2.91. The first kappa shape index (κ1) is 38.9. The predicted octanol–water partition coefficient (Wildman–Crippen LogP) is 1.95. The van der Waals surface area contributed by atoms with E-state index in [9.17, 15) is 33.6 Å². The van der Waals surface area contributed by atoms with Crippen LogP contribution in [0.3, 0.4) is 0 Å². The molecule has 0 unspecified atom stereocenters. The van der Waals surface area contributed by atoms with Crippen LogP contribution in [0.5, 0.6) is 0 Å². The highest BCUT2D eigenvalue weighted by Gasteiger charge is 2.40. The van der Waals surface area contributed by atoms with Crippen molar-refractivity contribution < 1.29 is 69.3 Å². The van der Waals surface area contributed by atoms with Crippen LogP contribution in [0.25, 0.3) is 0 Å². The van der Waals surface area contributed by atoms with Crippen LogP contribution >= 0.6 is 0 Å². The molecule has 0 spiro atoms. The van der Waals surface area contributed by atoms with Gasteiger partial charge in [0, 0.05) is 5.56 Å². The van der Waals surface area contributed by atoms with E-state index in [2.05, 4.69) is 5.32 Å². The number of nitrogens with one attached hydrogen (secondary N) is 1. The van der Waals surface area contributed by atoms with Gasteiger partial charge in [0.15, 0.2) is 5.60 Å². The highest BCUT2D eigenvalue weighted by Crippen LogP contribution is 2.15. The number of amides is 1. The summed E-state index contributed by atoms with van der Waals surface area (Å²) < 4.78 is 0. The third-order valence-corrected chi connectivity index (χ3v) is 4.94. The summed E-state index contributed by atoms with van der Waals surface area (Å²) in [7, 11) is 0. The van der Waals surface area contributed by atoms with Gasteiger partial charge in [0.2, 0.25) is 0 Å². The second kappa shape index (κ2) is 20.7. The van der Waals surface area contributed by atoms with Gasteiger partial charge in [0.25, 0.3) is 5.91 Å². The Morgan fingerprint density at radius 3 is 1.24 bits per heavy atom. The van der Waals surface area contributed by atoms with Crippen molar-refractivity contribution >= 4 is 41.7 Å². The molecule has 15 nitrogen and oxygen atoms in total. The fraction of sp³-hybridized carbons (Fsp3) is 0.167. The average Bonchev–Trinajstić information content (AvgIpc) is 2.97. The Balaban J connectivity index is 0.000000579. The number of aliphatic hydroxyl groups is 1. The third kappa shape index (κ3) is 18.9. The van der Waals surface area contributed by atoms with E-state index in [-0.39, 0.29) is 18.9 Å². The fourth-order valence-corrected chi connectivity index (χ4v) is 2.91. The number of hydrogen-bond acceptors (Lipinski definition) is 8. The number of carbonyl (C=O) groups is 7. The van der Waals surface area contributed by atoms with Gasteiger partial charge < -0.3 is 41.1 Å². The lowest BCUT2D eigenvalue weighted by molar-refractivity contribution is -0.170. The van der Waals surface area contributed by atoms with Crippen molar-refractivity contribution in [3.05, 3.63) is 108 Å². The van der Waals surface area contributed by atoms with Crippen molar-refractivity contribution in [3.8, 4) is 0 Å². The molecule has 0 radical (unpaired) electrons. The van der Waals surface area contributed by atoms with Gasteiger partial charge in [-0.15, -0.1) is 0 Å². The smallest absolute Gasteiger partial charge is 0.336 e. The second-order valence-electron chi connectivity index (χ2n) is 8.65. The largest absolute Gasteiger partial charge is 0.481 e. The summed E-state index contributed by atoms with van der Waals surface area (Å²) in [6.07, 6.45) is -2.18. The molecule has 15 heteroatoms. The SMILES string of the molecule is O=C(O)CC(O)(CC(=O)O)C(=O)O.O=C(O)CNC(=O)c1ccccc1.O=C(O)Cc1ccccc1.O=C(O)c1ccccc1. The molecular weight excluding hydrogens is 598 g/mol. The van der Waals surface area contributed by atoms with E-state index in [4.69, 9.17) is 35.7 Å². The van der Waals surface area contributed by atoms with Crippen LogP contribution in [-0.4, -0.2) is 89.6 Å². The van der Waals surface area contributed by atoms with Gasteiger partial charge in [-0.1, -0.05) is 66.7 Å².